The van der Waals surface area contributed by atoms with Gasteiger partial charge in [-0.25, -0.2) is 0 Å². The van der Waals surface area contributed by atoms with Gasteiger partial charge in [0.15, 0.2) is 0 Å². The highest BCUT2D eigenvalue weighted by Gasteiger charge is 2.16. The molecule has 0 aliphatic carbocycles. The number of nitro benzene ring substituents is 1. The number of nitrogens with one attached hydrogen (secondary N) is 2. The molecule has 1 unspecified atom stereocenters. The topological polar surface area (TPSA) is 84.3 Å². The van der Waals surface area contributed by atoms with Gasteiger partial charge in [-0.1, -0.05) is 18.2 Å². The Labute approximate surface area is 150 Å². The number of fused-ring (bicyclic) bond motifs is 1. The highest BCUT2D eigenvalue weighted by Crippen LogP contribution is 2.25. The fraction of sp³-hybridized carbons (Fsp3) is 0.278. The molecule has 0 fully saturated rings. The molecule has 0 radical (unpaired) electrons. The molecule has 1 heterocycles. The molecule has 2 aromatic rings. The van der Waals surface area contributed by atoms with Crippen LogP contribution in [-0.4, -0.2) is 16.1 Å². The van der Waals surface area contributed by atoms with Gasteiger partial charge in [-0.15, -0.1) is 11.8 Å². The summed E-state index contributed by atoms with van der Waals surface area (Å²) in [6, 6.07) is 12.5. The number of carbonyl (C=O) groups excluding carboxylic acids is 1. The molecule has 2 aromatic carbocycles. The van der Waals surface area contributed by atoms with E-state index in [9.17, 15) is 14.9 Å². The summed E-state index contributed by atoms with van der Waals surface area (Å²) in [5.74, 6) is -0.0537. The summed E-state index contributed by atoms with van der Waals surface area (Å²) in [5, 5.41) is 16.6. The minimum Gasteiger partial charge on any atom is -0.351 e. The molecular formula is C18H19N3O3S. The van der Waals surface area contributed by atoms with Crippen LogP contribution in [-0.2, 0) is 24.4 Å². The summed E-state index contributed by atoms with van der Waals surface area (Å²) in [4.78, 5) is 23.3. The maximum Gasteiger partial charge on any atom is 0.269 e. The number of nitrogens with zero attached hydrogens (tertiary/aromatic N) is 1. The first-order valence-electron chi connectivity index (χ1n) is 8.03. The van der Waals surface area contributed by atoms with E-state index in [1.54, 1.807) is 12.1 Å². The lowest BCUT2D eigenvalue weighted by molar-refractivity contribution is -0.384. The number of rotatable bonds is 6. The molecule has 2 N–H and O–H groups in total. The molecule has 6 nitrogen and oxygen atoms in total. The van der Waals surface area contributed by atoms with Gasteiger partial charge in [0, 0.05) is 36.7 Å². The molecule has 0 saturated carbocycles. The van der Waals surface area contributed by atoms with Crippen molar-refractivity contribution in [2.24, 2.45) is 0 Å². The molecule has 1 atom stereocenters. The number of benzene rings is 2. The van der Waals surface area contributed by atoms with Crippen LogP contribution in [0.4, 0.5) is 5.69 Å². The third-order valence-corrected chi connectivity index (χ3v) is 5.21. The fourth-order valence-electron chi connectivity index (χ4n) is 2.70. The van der Waals surface area contributed by atoms with Crippen molar-refractivity contribution in [3.8, 4) is 0 Å². The van der Waals surface area contributed by atoms with Crippen LogP contribution < -0.4 is 10.6 Å². The normalized spacial score (nSPS) is 14.0. The Kier molecular flexibility index (Phi) is 5.35. The van der Waals surface area contributed by atoms with Crippen molar-refractivity contribution in [3.63, 3.8) is 0 Å². The molecule has 0 aromatic heterocycles. The molecular weight excluding hydrogens is 338 g/mol. The van der Waals surface area contributed by atoms with Gasteiger partial charge in [-0.2, -0.15) is 0 Å². The van der Waals surface area contributed by atoms with Gasteiger partial charge in [-0.05, 0) is 35.7 Å². The first-order valence-corrected chi connectivity index (χ1v) is 8.91. The Hall–Kier alpha value is -2.38. The van der Waals surface area contributed by atoms with Crippen LogP contribution in [0.1, 0.15) is 23.6 Å². The second-order valence-corrected chi connectivity index (χ2v) is 7.35. The monoisotopic (exact) mass is 357 g/mol. The van der Waals surface area contributed by atoms with Crippen LogP contribution in [0.25, 0.3) is 0 Å². The summed E-state index contributed by atoms with van der Waals surface area (Å²) in [6.07, 6.45) is 0. The molecule has 130 valence electrons. The minimum absolute atomic E-state index is 0.0487. The molecule has 1 aliphatic rings. The zero-order valence-corrected chi connectivity index (χ0v) is 14.6. The lowest BCUT2D eigenvalue weighted by atomic mass is 10.1. The van der Waals surface area contributed by atoms with Gasteiger partial charge >= 0.3 is 0 Å². The van der Waals surface area contributed by atoms with Gasteiger partial charge in [0.2, 0.25) is 5.91 Å². The Morgan fingerprint density at radius 1 is 1.24 bits per heavy atom. The Morgan fingerprint density at radius 3 is 2.68 bits per heavy atom. The van der Waals surface area contributed by atoms with E-state index >= 15 is 0 Å². The van der Waals surface area contributed by atoms with Crippen LogP contribution in [0.2, 0.25) is 0 Å². The summed E-state index contributed by atoms with van der Waals surface area (Å²) in [7, 11) is 0. The number of hydrogen-bond acceptors (Lipinski definition) is 5. The van der Waals surface area contributed by atoms with E-state index in [-0.39, 0.29) is 16.8 Å². The maximum absolute atomic E-state index is 12.3. The quantitative estimate of drug-likeness (QED) is 0.472. The fourth-order valence-corrected chi connectivity index (χ4v) is 3.59. The third kappa shape index (κ3) is 4.37. The van der Waals surface area contributed by atoms with E-state index in [1.165, 1.54) is 35.0 Å². The molecule has 0 bridgehead atoms. The smallest absolute Gasteiger partial charge is 0.269 e. The molecule has 1 aliphatic heterocycles. The van der Waals surface area contributed by atoms with Crippen molar-refractivity contribution < 1.29 is 9.72 Å². The number of nitro groups is 1. The number of amides is 1. The lowest BCUT2D eigenvalue weighted by Crippen LogP contribution is -2.30. The zero-order chi connectivity index (χ0) is 17.8. The second-order valence-electron chi connectivity index (χ2n) is 5.94. The van der Waals surface area contributed by atoms with Crippen molar-refractivity contribution in [1.82, 2.24) is 10.6 Å². The van der Waals surface area contributed by atoms with Crippen LogP contribution in [0, 0.1) is 10.1 Å². The average molecular weight is 357 g/mol. The van der Waals surface area contributed by atoms with E-state index in [0.717, 1.165) is 23.5 Å². The standard InChI is InChI=1S/C18H19N3O3S/c1-12(25-17-6-4-16(5-7-17)21(23)24)18(22)20-9-13-2-3-14-10-19-11-15(14)8-13/h2-8,12,19H,9-11H2,1H3,(H,20,22). The van der Waals surface area contributed by atoms with Crippen LogP contribution in [0.15, 0.2) is 47.4 Å². The first-order chi connectivity index (χ1) is 12.0. The maximum atomic E-state index is 12.3. The summed E-state index contributed by atoms with van der Waals surface area (Å²) in [6.45, 7) is 4.11. The van der Waals surface area contributed by atoms with Crippen molar-refractivity contribution in [3.05, 3.63) is 69.3 Å². The largest absolute Gasteiger partial charge is 0.351 e. The second kappa shape index (κ2) is 7.67. The highest BCUT2D eigenvalue weighted by atomic mass is 32.2. The Bertz CT molecular complexity index is 793. The molecule has 0 spiro atoms. The highest BCUT2D eigenvalue weighted by molar-refractivity contribution is 8.00. The van der Waals surface area contributed by atoms with Gasteiger partial charge in [0.25, 0.3) is 5.69 Å². The molecule has 0 saturated heterocycles. The predicted octanol–water partition coefficient (Wildman–Crippen LogP) is 3.00. The summed E-state index contributed by atoms with van der Waals surface area (Å²) in [5.41, 5.74) is 3.74. The Morgan fingerprint density at radius 2 is 1.96 bits per heavy atom. The van der Waals surface area contributed by atoms with Crippen LogP contribution >= 0.6 is 11.8 Å². The SMILES string of the molecule is CC(Sc1ccc([N+](=O)[O-])cc1)C(=O)NCc1ccc2c(c1)CNC2. The van der Waals surface area contributed by atoms with E-state index in [2.05, 4.69) is 22.8 Å². The lowest BCUT2D eigenvalue weighted by Gasteiger charge is -2.12. The molecule has 7 heteroatoms. The van der Waals surface area contributed by atoms with Crippen LogP contribution in [0.5, 0.6) is 0 Å². The van der Waals surface area contributed by atoms with Crippen molar-refractivity contribution in [2.75, 3.05) is 0 Å². The number of carbonyl (C=O) groups is 1. The van der Waals surface area contributed by atoms with Crippen LogP contribution in [0.3, 0.4) is 0 Å². The number of hydrogen-bond donors (Lipinski definition) is 2. The van der Waals surface area contributed by atoms with Crippen molar-refractivity contribution in [1.29, 1.82) is 0 Å². The average Bonchev–Trinajstić information content (AvgIpc) is 3.07. The Balaban J connectivity index is 1.53. The van der Waals surface area contributed by atoms with E-state index < -0.39 is 4.92 Å². The molecule has 25 heavy (non-hydrogen) atoms. The number of non-ortho nitro benzene ring substituents is 1. The minimum atomic E-state index is -0.434. The van der Waals surface area contributed by atoms with Gasteiger partial charge in [0.1, 0.15) is 0 Å². The van der Waals surface area contributed by atoms with Crippen molar-refractivity contribution in [2.45, 2.75) is 36.7 Å². The van der Waals surface area contributed by atoms with Gasteiger partial charge in [0.05, 0.1) is 10.2 Å². The zero-order valence-electron chi connectivity index (χ0n) is 13.8. The van der Waals surface area contributed by atoms with Gasteiger partial charge < -0.3 is 10.6 Å². The number of thioether (sulfide) groups is 1. The van der Waals surface area contributed by atoms with Gasteiger partial charge in [-0.3, -0.25) is 14.9 Å². The molecule has 1 amide bonds. The first kappa shape index (κ1) is 17.4. The summed E-state index contributed by atoms with van der Waals surface area (Å²) >= 11 is 1.38. The van der Waals surface area contributed by atoms with Crippen molar-refractivity contribution >= 4 is 23.4 Å². The molecule has 3 rings (SSSR count). The van der Waals surface area contributed by atoms with E-state index in [0.29, 0.717) is 6.54 Å². The third-order valence-electron chi connectivity index (χ3n) is 4.10. The van der Waals surface area contributed by atoms with E-state index in [1.807, 2.05) is 13.0 Å². The van der Waals surface area contributed by atoms with E-state index in [4.69, 9.17) is 0 Å². The summed E-state index contributed by atoms with van der Waals surface area (Å²) < 4.78 is 0. The predicted molar refractivity (Wildman–Crippen MR) is 97.2 cm³/mol.